The third-order valence-electron chi connectivity index (χ3n) is 2.91. The topological polar surface area (TPSA) is 59.2 Å². The van der Waals surface area contributed by atoms with Gasteiger partial charge in [-0.25, -0.2) is 4.39 Å². The molecule has 0 unspecified atom stereocenters. The van der Waals surface area contributed by atoms with Crippen molar-refractivity contribution in [3.8, 4) is 17.1 Å². The van der Waals surface area contributed by atoms with E-state index in [2.05, 4.69) is 10.1 Å². The standard InChI is InChI=1S/C15H10ClFN2O2/c16-12-8-10(4-5-13(12)17)15-18-14(21-19-15)7-9-2-1-3-11(20)6-9/h1-6,8,20H,7H2. The normalized spacial score (nSPS) is 10.8. The third-order valence-corrected chi connectivity index (χ3v) is 3.20. The molecule has 0 amide bonds. The quantitative estimate of drug-likeness (QED) is 0.799. The van der Waals surface area contributed by atoms with Crippen LogP contribution in [-0.4, -0.2) is 15.2 Å². The molecule has 106 valence electrons. The van der Waals surface area contributed by atoms with Crippen LogP contribution in [0.15, 0.2) is 47.0 Å². The number of benzene rings is 2. The predicted octanol–water partition coefficient (Wildman–Crippen LogP) is 3.83. The van der Waals surface area contributed by atoms with Crippen LogP contribution in [0.5, 0.6) is 5.75 Å². The van der Waals surface area contributed by atoms with Crippen LogP contribution in [0.25, 0.3) is 11.4 Å². The van der Waals surface area contributed by atoms with Gasteiger partial charge in [-0.2, -0.15) is 4.98 Å². The molecule has 0 atom stereocenters. The van der Waals surface area contributed by atoms with E-state index in [-0.39, 0.29) is 10.8 Å². The zero-order chi connectivity index (χ0) is 14.8. The fourth-order valence-corrected chi connectivity index (χ4v) is 2.10. The summed E-state index contributed by atoms with van der Waals surface area (Å²) >= 11 is 5.73. The Bertz CT molecular complexity index is 789. The van der Waals surface area contributed by atoms with E-state index < -0.39 is 5.82 Å². The molecule has 4 nitrogen and oxygen atoms in total. The van der Waals surface area contributed by atoms with Gasteiger partial charge < -0.3 is 9.63 Å². The van der Waals surface area contributed by atoms with Gasteiger partial charge in [0.25, 0.3) is 0 Å². The Balaban J connectivity index is 1.84. The lowest BCUT2D eigenvalue weighted by Crippen LogP contribution is -1.88. The van der Waals surface area contributed by atoms with Crippen LogP contribution in [0, 0.1) is 5.82 Å². The van der Waals surface area contributed by atoms with Crippen molar-refractivity contribution in [3.05, 3.63) is 64.8 Å². The number of halogens is 2. The van der Waals surface area contributed by atoms with Crippen molar-refractivity contribution in [3.63, 3.8) is 0 Å². The Morgan fingerprint density at radius 2 is 2.05 bits per heavy atom. The zero-order valence-electron chi connectivity index (χ0n) is 10.8. The van der Waals surface area contributed by atoms with Crippen LogP contribution in [0.2, 0.25) is 5.02 Å². The molecule has 3 aromatic rings. The van der Waals surface area contributed by atoms with E-state index in [1.54, 1.807) is 18.2 Å². The van der Waals surface area contributed by atoms with Crippen molar-refractivity contribution >= 4 is 11.6 Å². The fraction of sp³-hybridized carbons (Fsp3) is 0.0667. The molecule has 0 aliphatic rings. The van der Waals surface area contributed by atoms with Crippen molar-refractivity contribution < 1.29 is 14.0 Å². The minimum absolute atomic E-state index is 0.00633. The van der Waals surface area contributed by atoms with Gasteiger partial charge in [-0.05, 0) is 35.9 Å². The highest BCUT2D eigenvalue weighted by atomic mass is 35.5. The van der Waals surface area contributed by atoms with Crippen LogP contribution in [0.1, 0.15) is 11.5 Å². The summed E-state index contributed by atoms with van der Waals surface area (Å²) in [7, 11) is 0. The van der Waals surface area contributed by atoms with Crippen molar-refractivity contribution in [1.82, 2.24) is 10.1 Å². The van der Waals surface area contributed by atoms with E-state index in [4.69, 9.17) is 16.1 Å². The molecular weight excluding hydrogens is 295 g/mol. The smallest absolute Gasteiger partial charge is 0.231 e. The second-order valence-electron chi connectivity index (χ2n) is 4.49. The molecule has 0 saturated carbocycles. The Morgan fingerprint density at radius 3 is 2.81 bits per heavy atom. The molecule has 2 aromatic carbocycles. The first-order valence-corrected chi connectivity index (χ1v) is 6.55. The lowest BCUT2D eigenvalue weighted by atomic mass is 10.1. The largest absolute Gasteiger partial charge is 0.508 e. The van der Waals surface area contributed by atoms with E-state index in [9.17, 15) is 9.50 Å². The van der Waals surface area contributed by atoms with Crippen LogP contribution >= 0.6 is 11.6 Å². The van der Waals surface area contributed by atoms with Crippen LogP contribution in [0.4, 0.5) is 4.39 Å². The molecule has 21 heavy (non-hydrogen) atoms. The number of rotatable bonds is 3. The maximum absolute atomic E-state index is 13.1. The van der Waals surface area contributed by atoms with Crippen molar-refractivity contribution in [2.45, 2.75) is 6.42 Å². The molecule has 0 bridgehead atoms. The Morgan fingerprint density at radius 1 is 1.19 bits per heavy atom. The van der Waals surface area contributed by atoms with Crippen molar-refractivity contribution in [1.29, 1.82) is 0 Å². The molecule has 6 heteroatoms. The highest BCUT2D eigenvalue weighted by Gasteiger charge is 2.11. The van der Waals surface area contributed by atoms with Crippen molar-refractivity contribution in [2.24, 2.45) is 0 Å². The molecule has 0 saturated heterocycles. The minimum atomic E-state index is -0.496. The monoisotopic (exact) mass is 304 g/mol. The highest BCUT2D eigenvalue weighted by Crippen LogP contribution is 2.23. The predicted molar refractivity (Wildman–Crippen MR) is 75.6 cm³/mol. The van der Waals surface area contributed by atoms with Gasteiger partial charge in [0, 0.05) is 5.56 Å². The van der Waals surface area contributed by atoms with Gasteiger partial charge in [0.05, 0.1) is 11.4 Å². The molecule has 0 fully saturated rings. The molecule has 3 rings (SSSR count). The number of aromatic hydroxyl groups is 1. The Labute approximate surface area is 124 Å². The average molecular weight is 305 g/mol. The summed E-state index contributed by atoms with van der Waals surface area (Å²) in [4.78, 5) is 4.24. The van der Waals surface area contributed by atoms with E-state index in [0.717, 1.165) is 5.56 Å². The molecule has 1 heterocycles. The Kier molecular flexibility index (Phi) is 3.58. The number of aromatic nitrogens is 2. The van der Waals surface area contributed by atoms with Crippen LogP contribution < -0.4 is 0 Å². The highest BCUT2D eigenvalue weighted by molar-refractivity contribution is 6.31. The van der Waals surface area contributed by atoms with Gasteiger partial charge in [-0.3, -0.25) is 0 Å². The first kappa shape index (κ1) is 13.6. The summed E-state index contributed by atoms with van der Waals surface area (Å²) < 4.78 is 18.3. The second kappa shape index (κ2) is 5.54. The molecule has 0 aliphatic heterocycles. The van der Waals surface area contributed by atoms with Gasteiger partial charge in [0.15, 0.2) is 0 Å². The van der Waals surface area contributed by atoms with E-state index in [0.29, 0.717) is 23.7 Å². The van der Waals surface area contributed by atoms with Crippen molar-refractivity contribution in [2.75, 3.05) is 0 Å². The summed E-state index contributed by atoms with van der Waals surface area (Å²) in [5.41, 5.74) is 1.43. The number of phenols is 1. The number of nitrogens with zero attached hydrogens (tertiary/aromatic N) is 2. The molecular formula is C15H10ClFN2O2. The van der Waals surface area contributed by atoms with Gasteiger partial charge in [0.1, 0.15) is 11.6 Å². The third kappa shape index (κ3) is 3.03. The zero-order valence-corrected chi connectivity index (χ0v) is 11.5. The molecule has 0 radical (unpaired) electrons. The number of hydrogen-bond acceptors (Lipinski definition) is 4. The summed E-state index contributed by atoms with van der Waals surface area (Å²) in [6.45, 7) is 0. The first-order valence-electron chi connectivity index (χ1n) is 6.18. The second-order valence-corrected chi connectivity index (χ2v) is 4.89. The number of hydrogen-bond donors (Lipinski definition) is 1. The number of phenolic OH excluding ortho intramolecular Hbond substituents is 1. The summed E-state index contributed by atoms with van der Waals surface area (Å²) in [6, 6.07) is 11.0. The van der Waals surface area contributed by atoms with Gasteiger partial charge in [-0.15, -0.1) is 0 Å². The minimum Gasteiger partial charge on any atom is -0.508 e. The summed E-state index contributed by atoms with van der Waals surface area (Å²) in [5, 5.41) is 13.3. The van der Waals surface area contributed by atoms with E-state index >= 15 is 0 Å². The summed E-state index contributed by atoms with van der Waals surface area (Å²) in [6.07, 6.45) is 0.399. The fourth-order valence-electron chi connectivity index (χ4n) is 1.92. The van der Waals surface area contributed by atoms with E-state index in [1.807, 2.05) is 6.07 Å². The van der Waals surface area contributed by atoms with Crippen LogP contribution in [0.3, 0.4) is 0 Å². The molecule has 1 N–H and O–H groups in total. The van der Waals surface area contributed by atoms with Crippen LogP contribution in [-0.2, 0) is 6.42 Å². The average Bonchev–Trinajstić information content (AvgIpc) is 2.90. The van der Waals surface area contributed by atoms with Gasteiger partial charge in [-0.1, -0.05) is 28.9 Å². The summed E-state index contributed by atoms with van der Waals surface area (Å²) in [5.74, 6) is 0.421. The SMILES string of the molecule is Oc1cccc(Cc2nc(-c3ccc(F)c(Cl)c3)no2)c1. The lowest BCUT2D eigenvalue weighted by molar-refractivity contribution is 0.385. The maximum Gasteiger partial charge on any atom is 0.231 e. The molecule has 1 aromatic heterocycles. The Hall–Kier alpha value is -2.40. The van der Waals surface area contributed by atoms with Gasteiger partial charge >= 0.3 is 0 Å². The first-order chi connectivity index (χ1) is 10.1. The maximum atomic E-state index is 13.1. The van der Waals surface area contributed by atoms with Gasteiger partial charge in [0.2, 0.25) is 11.7 Å². The van der Waals surface area contributed by atoms with E-state index in [1.165, 1.54) is 18.2 Å². The molecule has 0 spiro atoms. The lowest BCUT2D eigenvalue weighted by Gasteiger charge is -1.97. The molecule has 0 aliphatic carbocycles.